The molecule has 36 heavy (non-hydrogen) atoms. The zero-order chi connectivity index (χ0) is 25.1. The van der Waals surface area contributed by atoms with Crippen molar-refractivity contribution in [2.45, 2.75) is 61.5 Å². The van der Waals surface area contributed by atoms with E-state index < -0.39 is 11.4 Å². The Morgan fingerprint density at radius 3 is 2.47 bits per heavy atom. The number of amides is 1. The quantitative estimate of drug-likeness (QED) is 0.488. The molecule has 1 aliphatic heterocycles. The molecule has 1 aliphatic carbocycles. The Morgan fingerprint density at radius 1 is 1.06 bits per heavy atom. The van der Waals surface area contributed by atoms with Gasteiger partial charge in [0.2, 0.25) is 5.91 Å². The third kappa shape index (κ3) is 5.36. The van der Waals surface area contributed by atoms with Crippen molar-refractivity contribution in [3.8, 4) is 0 Å². The van der Waals surface area contributed by atoms with Crippen LogP contribution in [0.15, 0.2) is 51.3 Å². The number of hydrogen-bond donors (Lipinski definition) is 1. The van der Waals surface area contributed by atoms with E-state index in [0.717, 1.165) is 35.4 Å². The first kappa shape index (κ1) is 25.0. The number of aromatic nitrogens is 4. The summed E-state index contributed by atoms with van der Waals surface area (Å²) in [6, 6.07) is 4.58. The second-order valence-electron chi connectivity index (χ2n) is 9.24. The molecule has 3 aromatic rings. The molecule has 0 radical (unpaired) electrons. The lowest BCUT2D eigenvalue weighted by atomic mass is 9.91. The molecule has 2 aliphatic rings. The van der Waals surface area contributed by atoms with Gasteiger partial charge in [-0.2, -0.15) is 11.8 Å². The van der Waals surface area contributed by atoms with Crippen molar-refractivity contribution in [1.82, 2.24) is 24.4 Å². The summed E-state index contributed by atoms with van der Waals surface area (Å²) in [7, 11) is 0. The van der Waals surface area contributed by atoms with Gasteiger partial charge in [-0.1, -0.05) is 0 Å². The topological polar surface area (TPSA) is 98.9 Å². The molecule has 1 N–H and O–H groups in total. The smallest absolute Gasteiger partial charge is 0.333 e. The summed E-state index contributed by atoms with van der Waals surface area (Å²) in [5.41, 5.74) is -0.568. The van der Waals surface area contributed by atoms with Crippen LogP contribution < -0.4 is 16.6 Å². The highest BCUT2D eigenvalue weighted by molar-refractivity contribution is 8.00. The van der Waals surface area contributed by atoms with E-state index >= 15 is 0 Å². The molecular formula is C25H28FN5O3S2. The molecule has 0 unspecified atom stereocenters. The van der Waals surface area contributed by atoms with Crippen molar-refractivity contribution in [2.75, 3.05) is 17.3 Å². The number of carbonyl (C=O) groups is 1. The van der Waals surface area contributed by atoms with Crippen LogP contribution in [0, 0.1) is 5.82 Å². The molecule has 0 atom stereocenters. The molecule has 0 bridgehead atoms. The Bertz CT molecular complexity index is 1350. The van der Waals surface area contributed by atoms with Gasteiger partial charge >= 0.3 is 5.69 Å². The second kappa shape index (κ2) is 11.2. The van der Waals surface area contributed by atoms with E-state index in [-0.39, 0.29) is 40.8 Å². The number of pyridine rings is 2. The minimum absolute atomic E-state index is 0.000320. The van der Waals surface area contributed by atoms with E-state index in [1.165, 1.54) is 22.4 Å². The van der Waals surface area contributed by atoms with Gasteiger partial charge in [0.25, 0.3) is 5.56 Å². The van der Waals surface area contributed by atoms with Gasteiger partial charge in [-0.05, 0) is 68.2 Å². The summed E-state index contributed by atoms with van der Waals surface area (Å²) < 4.78 is 17.0. The average molecular weight is 530 g/mol. The molecule has 0 aromatic carbocycles. The monoisotopic (exact) mass is 529 g/mol. The van der Waals surface area contributed by atoms with Gasteiger partial charge in [-0.25, -0.2) is 14.2 Å². The molecule has 5 rings (SSSR count). The van der Waals surface area contributed by atoms with E-state index in [2.05, 4.69) is 15.3 Å². The molecule has 1 saturated carbocycles. The SMILES string of the molecule is O=C(CSc1ccncc1)NC1CCC(n2c(=O)c3cc(F)cnc3n(C3CCSCC3)c2=O)CC1. The lowest BCUT2D eigenvalue weighted by molar-refractivity contribution is -0.119. The highest BCUT2D eigenvalue weighted by Gasteiger charge is 2.29. The van der Waals surface area contributed by atoms with E-state index in [1.54, 1.807) is 17.0 Å². The van der Waals surface area contributed by atoms with Gasteiger partial charge < -0.3 is 5.32 Å². The van der Waals surface area contributed by atoms with Crippen LogP contribution in [0.1, 0.15) is 50.6 Å². The lowest BCUT2D eigenvalue weighted by Gasteiger charge is -2.31. The van der Waals surface area contributed by atoms with Crippen LogP contribution in [0.25, 0.3) is 11.0 Å². The van der Waals surface area contributed by atoms with Gasteiger partial charge in [0.1, 0.15) is 11.5 Å². The minimum atomic E-state index is -0.591. The molecule has 1 saturated heterocycles. The number of rotatable bonds is 6. The Morgan fingerprint density at radius 2 is 1.75 bits per heavy atom. The third-order valence-electron chi connectivity index (χ3n) is 6.93. The van der Waals surface area contributed by atoms with Crippen LogP contribution in [-0.2, 0) is 4.79 Å². The molecule has 4 heterocycles. The fourth-order valence-electron chi connectivity index (χ4n) is 5.13. The summed E-state index contributed by atoms with van der Waals surface area (Å²) in [4.78, 5) is 48.6. The normalized spacial score (nSPS) is 20.9. The molecule has 0 spiro atoms. The Kier molecular flexibility index (Phi) is 7.76. The van der Waals surface area contributed by atoms with Gasteiger partial charge in [0.05, 0.1) is 17.3 Å². The summed E-state index contributed by atoms with van der Waals surface area (Å²) in [5, 5.41) is 3.23. The molecule has 1 amide bonds. The standard InChI is InChI=1S/C25H28FN5O3S2/c26-16-13-21-23(28-14-16)30(19-7-11-35-12-8-19)25(34)31(24(21)33)18-3-1-17(2-4-18)29-22(32)15-36-20-5-9-27-10-6-20/h5-6,9-10,13-14,17-19H,1-4,7-8,11-12,15H2,(H,29,32). The van der Waals surface area contributed by atoms with Gasteiger partial charge in [0, 0.05) is 35.4 Å². The largest absolute Gasteiger partial charge is 0.353 e. The molecule has 3 aromatic heterocycles. The predicted molar refractivity (Wildman–Crippen MR) is 140 cm³/mol. The van der Waals surface area contributed by atoms with Crippen molar-refractivity contribution < 1.29 is 9.18 Å². The van der Waals surface area contributed by atoms with E-state index in [4.69, 9.17) is 0 Å². The molecule has 8 nitrogen and oxygen atoms in total. The number of halogens is 1. The first-order chi connectivity index (χ1) is 17.5. The van der Waals surface area contributed by atoms with E-state index in [1.807, 2.05) is 23.9 Å². The number of fused-ring (bicyclic) bond motifs is 1. The lowest BCUT2D eigenvalue weighted by Crippen LogP contribution is -2.46. The summed E-state index contributed by atoms with van der Waals surface area (Å²) in [6.45, 7) is 0. The van der Waals surface area contributed by atoms with Crippen LogP contribution in [0.4, 0.5) is 4.39 Å². The van der Waals surface area contributed by atoms with Crippen LogP contribution in [0.2, 0.25) is 0 Å². The first-order valence-electron chi connectivity index (χ1n) is 12.2. The van der Waals surface area contributed by atoms with Gasteiger partial charge in [-0.15, -0.1) is 11.8 Å². The third-order valence-corrected chi connectivity index (χ3v) is 8.99. The van der Waals surface area contributed by atoms with E-state index in [9.17, 15) is 18.8 Å². The number of thioether (sulfide) groups is 2. The highest BCUT2D eigenvalue weighted by atomic mass is 32.2. The zero-order valence-electron chi connectivity index (χ0n) is 19.8. The van der Waals surface area contributed by atoms with Crippen LogP contribution in [0.5, 0.6) is 0 Å². The van der Waals surface area contributed by atoms with Gasteiger partial charge in [-0.3, -0.25) is 23.7 Å². The molecular weight excluding hydrogens is 501 g/mol. The molecule has 2 fully saturated rings. The molecule has 11 heteroatoms. The zero-order valence-corrected chi connectivity index (χ0v) is 21.4. The van der Waals surface area contributed by atoms with Crippen molar-refractivity contribution in [2.24, 2.45) is 0 Å². The van der Waals surface area contributed by atoms with Crippen molar-refractivity contribution in [1.29, 1.82) is 0 Å². The predicted octanol–water partition coefficient (Wildman–Crippen LogP) is 3.55. The second-order valence-corrected chi connectivity index (χ2v) is 11.5. The number of nitrogens with zero attached hydrogens (tertiary/aromatic N) is 4. The maximum atomic E-state index is 14.1. The number of hydrogen-bond acceptors (Lipinski definition) is 7. The van der Waals surface area contributed by atoms with E-state index in [0.29, 0.717) is 31.4 Å². The Hall–Kier alpha value is -2.66. The summed E-state index contributed by atoms with van der Waals surface area (Å²) in [5.74, 6) is 1.55. The fraction of sp³-hybridized carbons (Fsp3) is 0.480. The number of nitrogens with one attached hydrogen (secondary N) is 1. The summed E-state index contributed by atoms with van der Waals surface area (Å²) >= 11 is 3.30. The van der Waals surface area contributed by atoms with Crippen LogP contribution >= 0.6 is 23.5 Å². The average Bonchev–Trinajstić information content (AvgIpc) is 2.90. The Labute approximate surface area is 216 Å². The van der Waals surface area contributed by atoms with Crippen LogP contribution in [-0.4, -0.2) is 48.3 Å². The minimum Gasteiger partial charge on any atom is -0.353 e. The summed E-state index contributed by atoms with van der Waals surface area (Å²) in [6.07, 6.45) is 8.60. The maximum absolute atomic E-state index is 14.1. The number of carbonyl (C=O) groups excluding carboxylic acids is 1. The van der Waals surface area contributed by atoms with Crippen molar-refractivity contribution in [3.63, 3.8) is 0 Å². The highest BCUT2D eigenvalue weighted by Crippen LogP contribution is 2.30. The molecule has 190 valence electrons. The maximum Gasteiger partial charge on any atom is 0.333 e. The van der Waals surface area contributed by atoms with Gasteiger partial charge in [0.15, 0.2) is 0 Å². The van der Waals surface area contributed by atoms with Crippen molar-refractivity contribution in [3.05, 3.63) is 63.4 Å². The first-order valence-corrected chi connectivity index (χ1v) is 14.4. The van der Waals surface area contributed by atoms with Crippen molar-refractivity contribution >= 4 is 40.5 Å². The fourth-order valence-corrected chi connectivity index (χ4v) is 6.91. The van der Waals surface area contributed by atoms with Crippen LogP contribution in [0.3, 0.4) is 0 Å². The Balaban J connectivity index is 1.33.